The fraction of sp³-hybridized carbons (Fsp3) is 0.500. The lowest BCUT2D eigenvalue weighted by atomic mass is 10.1. The minimum Gasteiger partial charge on any atom is -0.482 e. The molecule has 5 nitrogen and oxygen atoms in total. The van der Waals surface area contributed by atoms with Crippen molar-refractivity contribution in [3.05, 3.63) is 29.8 Å². The Bertz CT molecular complexity index is 454. The highest BCUT2D eigenvalue weighted by Crippen LogP contribution is 2.12. The number of carbonyl (C=O) groups excluding carboxylic acids is 1. The third kappa shape index (κ3) is 7.97. The van der Waals surface area contributed by atoms with Crippen LogP contribution < -0.4 is 10.1 Å². The van der Waals surface area contributed by atoms with Crippen LogP contribution in [0.15, 0.2) is 24.3 Å². The van der Waals surface area contributed by atoms with Crippen molar-refractivity contribution in [3.8, 4) is 5.75 Å². The number of nitrogens with one attached hydrogen (secondary N) is 1. The number of rotatable bonds is 9. The van der Waals surface area contributed by atoms with Crippen LogP contribution in [0.5, 0.6) is 5.75 Å². The Labute approximate surface area is 125 Å². The number of aliphatic carboxylic acids is 1. The standard InChI is InChI=1S/C16H23NO4/c1-12(2)3-8-15(18)17-10-9-13-4-6-14(7-5-13)21-11-16(19)20/h4-7,12H,3,8-11H2,1-2H3,(H,17,18)(H,19,20). The third-order valence-corrected chi connectivity index (χ3v) is 2.97. The summed E-state index contributed by atoms with van der Waals surface area (Å²) in [7, 11) is 0. The SMILES string of the molecule is CC(C)CCC(=O)NCCc1ccc(OCC(=O)O)cc1. The van der Waals surface area contributed by atoms with Crippen LogP contribution >= 0.6 is 0 Å². The normalized spacial score (nSPS) is 10.4. The molecule has 0 aliphatic rings. The van der Waals surface area contributed by atoms with Crippen LogP contribution in [-0.4, -0.2) is 30.1 Å². The largest absolute Gasteiger partial charge is 0.482 e. The molecule has 1 rings (SSSR count). The Balaban J connectivity index is 2.26. The molecule has 0 radical (unpaired) electrons. The molecule has 1 amide bonds. The van der Waals surface area contributed by atoms with Crippen molar-refractivity contribution in [3.63, 3.8) is 0 Å². The first-order valence-corrected chi connectivity index (χ1v) is 7.17. The summed E-state index contributed by atoms with van der Waals surface area (Å²) in [5.41, 5.74) is 1.07. The summed E-state index contributed by atoms with van der Waals surface area (Å²) in [4.78, 5) is 21.9. The fourth-order valence-electron chi connectivity index (χ4n) is 1.75. The van der Waals surface area contributed by atoms with Gasteiger partial charge in [0, 0.05) is 13.0 Å². The molecule has 0 unspecified atom stereocenters. The predicted octanol–water partition coefficient (Wildman–Crippen LogP) is 2.24. The number of carboxylic acids is 1. The molecule has 0 fully saturated rings. The average molecular weight is 293 g/mol. The lowest BCUT2D eigenvalue weighted by Gasteiger charge is -2.08. The zero-order valence-electron chi connectivity index (χ0n) is 12.6. The van der Waals surface area contributed by atoms with E-state index in [9.17, 15) is 9.59 Å². The van der Waals surface area contributed by atoms with Crippen molar-refractivity contribution in [1.29, 1.82) is 0 Å². The summed E-state index contributed by atoms with van der Waals surface area (Å²) in [6.07, 6.45) is 2.22. The monoisotopic (exact) mass is 293 g/mol. The molecule has 0 saturated carbocycles. The fourth-order valence-corrected chi connectivity index (χ4v) is 1.75. The van der Waals surface area contributed by atoms with Crippen LogP contribution in [-0.2, 0) is 16.0 Å². The second-order valence-corrected chi connectivity index (χ2v) is 5.36. The van der Waals surface area contributed by atoms with Gasteiger partial charge in [0.1, 0.15) is 5.75 Å². The highest BCUT2D eigenvalue weighted by atomic mass is 16.5. The van der Waals surface area contributed by atoms with Crippen LogP contribution in [0.2, 0.25) is 0 Å². The van der Waals surface area contributed by atoms with Crippen molar-refractivity contribution < 1.29 is 19.4 Å². The summed E-state index contributed by atoms with van der Waals surface area (Å²) < 4.78 is 5.05. The van der Waals surface area contributed by atoms with Gasteiger partial charge in [-0.05, 0) is 36.5 Å². The second kappa shape index (κ2) is 9.00. The molecule has 2 N–H and O–H groups in total. The molecule has 0 heterocycles. The smallest absolute Gasteiger partial charge is 0.341 e. The summed E-state index contributed by atoms with van der Waals surface area (Å²) in [5, 5.41) is 11.4. The van der Waals surface area contributed by atoms with Crippen LogP contribution in [0, 0.1) is 5.92 Å². The quantitative estimate of drug-likeness (QED) is 0.732. The molecule has 0 aromatic heterocycles. The maximum Gasteiger partial charge on any atom is 0.341 e. The van der Waals surface area contributed by atoms with E-state index < -0.39 is 5.97 Å². The van der Waals surface area contributed by atoms with Gasteiger partial charge < -0.3 is 15.2 Å². The first kappa shape index (κ1) is 17.0. The van der Waals surface area contributed by atoms with E-state index in [1.807, 2.05) is 12.1 Å². The van der Waals surface area contributed by atoms with Gasteiger partial charge >= 0.3 is 5.97 Å². The lowest BCUT2D eigenvalue weighted by Crippen LogP contribution is -2.25. The lowest BCUT2D eigenvalue weighted by molar-refractivity contribution is -0.139. The summed E-state index contributed by atoms with van der Waals surface area (Å²) in [6.45, 7) is 4.46. The third-order valence-electron chi connectivity index (χ3n) is 2.97. The molecular formula is C16H23NO4. The number of carbonyl (C=O) groups is 2. The number of ether oxygens (including phenoxy) is 1. The van der Waals surface area contributed by atoms with E-state index in [0.29, 0.717) is 24.6 Å². The van der Waals surface area contributed by atoms with Gasteiger partial charge in [0.2, 0.25) is 5.91 Å². The molecule has 0 saturated heterocycles. The van der Waals surface area contributed by atoms with Crippen LogP contribution in [0.1, 0.15) is 32.3 Å². The van der Waals surface area contributed by atoms with Gasteiger partial charge in [0.15, 0.2) is 6.61 Å². The van der Waals surface area contributed by atoms with Gasteiger partial charge in [0.05, 0.1) is 0 Å². The van der Waals surface area contributed by atoms with Gasteiger partial charge in [-0.1, -0.05) is 26.0 Å². The van der Waals surface area contributed by atoms with Gasteiger partial charge in [-0.3, -0.25) is 4.79 Å². The van der Waals surface area contributed by atoms with Crippen LogP contribution in [0.3, 0.4) is 0 Å². The number of carboxylic acid groups (broad SMARTS) is 1. The molecule has 5 heteroatoms. The summed E-state index contributed by atoms with van der Waals surface area (Å²) >= 11 is 0. The van der Waals surface area contributed by atoms with E-state index >= 15 is 0 Å². The topological polar surface area (TPSA) is 75.6 Å². The van der Waals surface area contributed by atoms with Gasteiger partial charge in [0.25, 0.3) is 0 Å². The highest BCUT2D eigenvalue weighted by Gasteiger charge is 2.03. The molecular weight excluding hydrogens is 270 g/mol. The molecule has 1 aromatic carbocycles. The van der Waals surface area contributed by atoms with Crippen molar-refractivity contribution in [2.75, 3.05) is 13.2 Å². The summed E-state index contributed by atoms with van der Waals surface area (Å²) in [6, 6.07) is 7.21. The summed E-state index contributed by atoms with van der Waals surface area (Å²) in [5.74, 6) is 0.157. The zero-order chi connectivity index (χ0) is 15.7. The number of benzene rings is 1. The molecule has 0 spiro atoms. The Morgan fingerprint density at radius 2 is 1.90 bits per heavy atom. The van der Waals surface area contributed by atoms with Gasteiger partial charge in [-0.15, -0.1) is 0 Å². The van der Waals surface area contributed by atoms with Crippen molar-refractivity contribution in [1.82, 2.24) is 5.32 Å². The minimum atomic E-state index is -0.997. The first-order valence-electron chi connectivity index (χ1n) is 7.17. The molecule has 0 aliphatic carbocycles. The maximum absolute atomic E-state index is 11.6. The van der Waals surface area contributed by atoms with E-state index in [2.05, 4.69) is 19.2 Å². The Kier molecular flexibility index (Phi) is 7.29. The van der Waals surface area contributed by atoms with Gasteiger partial charge in [-0.25, -0.2) is 4.79 Å². The number of hydrogen-bond donors (Lipinski definition) is 2. The highest BCUT2D eigenvalue weighted by molar-refractivity contribution is 5.75. The predicted molar refractivity (Wildman–Crippen MR) is 80.4 cm³/mol. The van der Waals surface area contributed by atoms with Crippen molar-refractivity contribution in [2.24, 2.45) is 5.92 Å². The van der Waals surface area contributed by atoms with Crippen molar-refractivity contribution in [2.45, 2.75) is 33.1 Å². The Hall–Kier alpha value is -2.04. The molecule has 21 heavy (non-hydrogen) atoms. The molecule has 0 aliphatic heterocycles. The Morgan fingerprint density at radius 1 is 1.24 bits per heavy atom. The van der Waals surface area contributed by atoms with Crippen LogP contribution in [0.4, 0.5) is 0 Å². The second-order valence-electron chi connectivity index (χ2n) is 5.36. The van der Waals surface area contributed by atoms with E-state index in [4.69, 9.17) is 9.84 Å². The number of amides is 1. The van der Waals surface area contributed by atoms with E-state index in [-0.39, 0.29) is 12.5 Å². The van der Waals surface area contributed by atoms with E-state index in [0.717, 1.165) is 18.4 Å². The molecule has 116 valence electrons. The van der Waals surface area contributed by atoms with Crippen molar-refractivity contribution >= 4 is 11.9 Å². The first-order chi connectivity index (χ1) is 9.97. The molecule has 0 atom stereocenters. The van der Waals surface area contributed by atoms with Gasteiger partial charge in [-0.2, -0.15) is 0 Å². The maximum atomic E-state index is 11.6. The molecule has 0 bridgehead atoms. The van der Waals surface area contributed by atoms with Crippen LogP contribution in [0.25, 0.3) is 0 Å². The van der Waals surface area contributed by atoms with E-state index in [1.54, 1.807) is 12.1 Å². The average Bonchev–Trinajstić information content (AvgIpc) is 2.44. The Morgan fingerprint density at radius 3 is 2.48 bits per heavy atom. The molecule has 1 aromatic rings. The zero-order valence-corrected chi connectivity index (χ0v) is 12.6. The van der Waals surface area contributed by atoms with E-state index in [1.165, 1.54) is 0 Å². The minimum absolute atomic E-state index is 0.0881. The number of hydrogen-bond acceptors (Lipinski definition) is 3.